The summed E-state index contributed by atoms with van der Waals surface area (Å²) in [6.07, 6.45) is 3.61. The summed E-state index contributed by atoms with van der Waals surface area (Å²) >= 11 is 0. The van der Waals surface area contributed by atoms with E-state index in [1.165, 1.54) is 6.33 Å². The van der Waals surface area contributed by atoms with Crippen LogP contribution in [-0.4, -0.2) is 23.6 Å². The van der Waals surface area contributed by atoms with Gasteiger partial charge in [-0.05, 0) is 12.1 Å². The maximum absolute atomic E-state index is 8.57. The maximum atomic E-state index is 8.57. The molecule has 0 saturated carbocycles. The first-order valence-electron chi connectivity index (χ1n) is 5.96. The molecule has 0 aromatic carbocycles. The molecule has 0 atom stereocenters. The number of anilines is 2. The highest BCUT2D eigenvalue weighted by Gasteiger charge is 2.04. The van der Waals surface area contributed by atoms with Crippen LogP contribution in [0.2, 0.25) is 0 Å². The molecule has 2 aromatic rings. The van der Waals surface area contributed by atoms with Gasteiger partial charge in [0, 0.05) is 19.7 Å². The van der Waals surface area contributed by atoms with E-state index in [4.69, 9.17) is 9.68 Å². The Morgan fingerprint density at radius 2 is 2.37 bits per heavy atom. The van der Waals surface area contributed by atoms with E-state index < -0.39 is 0 Å². The highest BCUT2D eigenvalue weighted by molar-refractivity contribution is 5.47. The van der Waals surface area contributed by atoms with Gasteiger partial charge in [0.2, 0.25) is 0 Å². The number of rotatable bonds is 6. The van der Waals surface area contributed by atoms with Crippen LogP contribution < -0.4 is 10.2 Å². The fourth-order valence-corrected chi connectivity index (χ4v) is 1.58. The lowest BCUT2D eigenvalue weighted by atomic mass is 10.4. The van der Waals surface area contributed by atoms with Crippen LogP contribution in [0.15, 0.2) is 35.2 Å². The van der Waals surface area contributed by atoms with Crippen molar-refractivity contribution in [3.05, 3.63) is 36.5 Å². The van der Waals surface area contributed by atoms with Crippen molar-refractivity contribution in [3.8, 4) is 6.07 Å². The largest absolute Gasteiger partial charge is 0.467 e. The van der Waals surface area contributed by atoms with Crippen molar-refractivity contribution in [3.63, 3.8) is 0 Å². The van der Waals surface area contributed by atoms with Crippen LogP contribution >= 0.6 is 0 Å². The summed E-state index contributed by atoms with van der Waals surface area (Å²) in [6, 6.07) is 7.70. The van der Waals surface area contributed by atoms with E-state index in [0.29, 0.717) is 19.5 Å². The number of aromatic nitrogens is 2. The maximum Gasteiger partial charge on any atom is 0.133 e. The highest BCUT2D eigenvalue weighted by atomic mass is 16.3. The Hall–Kier alpha value is -2.55. The Labute approximate surface area is 111 Å². The Morgan fingerprint density at radius 1 is 1.47 bits per heavy atom. The third kappa shape index (κ3) is 3.71. The van der Waals surface area contributed by atoms with E-state index in [-0.39, 0.29) is 0 Å². The Bertz CT molecular complexity index is 546. The van der Waals surface area contributed by atoms with Crippen molar-refractivity contribution in [2.24, 2.45) is 0 Å². The lowest BCUT2D eigenvalue weighted by Crippen LogP contribution is -2.19. The number of hydrogen-bond acceptors (Lipinski definition) is 6. The standard InChI is InChI=1S/C13H15N5O/c1-18(6-3-5-14)13-8-12(16-10-17-13)15-9-11-4-2-7-19-11/h2,4,7-8,10H,3,6,9H2,1H3,(H,15,16,17). The monoisotopic (exact) mass is 257 g/mol. The van der Waals surface area contributed by atoms with Crippen LogP contribution in [0.4, 0.5) is 11.6 Å². The van der Waals surface area contributed by atoms with Gasteiger partial charge in [0.15, 0.2) is 0 Å². The third-order valence-corrected chi connectivity index (χ3v) is 2.63. The summed E-state index contributed by atoms with van der Waals surface area (Å²) in [4.78, 5) is 10.2. The zero-order chi connectivity index (χ0) is 13.5. The molecule has 2 rings (SSSR count). The molecule has 0 spiro atoms. The fourth-order valence-electron chi connectivity index (χ4n) is 1.58. The van der Waals surface area contributed by atoms with Gasteiger partial charge in [0.1, 0.15) is 23.7 Å². The number of hydrogen-bond donors (Lipinski definition) is 1. The molecule has 2 heterocycles. The molecular weight excluding hydrogens is 242 g/mol. The van der Waals surface area contributed by atoms with Gasteiger partial charge in [-0.3, -0.25) is 0 Å². The molecular formula is C13H15N5O. The quantitative estimate of drug-likeness (QED) is 0.853. The number of nitrogens with zero attached hydrogens (tertiary/aromatic N) is 4. The van der Waals surface area contributed by atoms with Crippen molar-refractivity contribution >= 4 is 11.6 Å². The van der Waals surface area contributed by atoms with Gasteiger partial charge in [-0.2, -0.15) is 5.26 Å². The number of furan rings is 1. The van der Waals surface area contributed by atoms with Crippen molar-refractivity contribution in [2.45, 2.75) is 13.0 Å². The molecule has 0 unspecified atom stereocenters. The summed E-state index contributed by atoms with van der Waals surface area (Å²) < 4.78 is 5.23. The molecule has 0 aliphatic rings. The van der Waals surface area contributed by atoms with E-state index in [2.05, 4.69) is 21.4 Å². The first-order valence-corrected chi connectivity index (χ1v) is 5.96. The summed E-state index contributed by atoms with van der Waals surface area (Å²) in [5.74, 6) is 2.36. The van der Waals surface area contributed by atoms with E-state index in [1.54, 1.807) is 6.26 Å². The summed E-state index contributed by atoms with van der Waals surface area (Å²) in [7, 11) is 1.90. The van der Waals surface area contributed by atoms with Gasteiger partial charge < -0.3 is 14.6 Å². The molecule has 98 valence electrons. The van der Waals surface area contributed by atoms with Gasteiger partial charge in [0.05, 0.1) is 25.3 Å². The molecule has 0 bridgehead atoms. The molecule has 0 saturated heterocycles. The van der Waals surface area contributed by atoms with Gasteiger partial charge in [-0.15, -0.1) is 0 Å². The van der Waals surface area contributed by atoms with E-state index in [1.807, 2.05) is 30.1 Å². The second-order valence-electron chi connectivity index (χ2n) is 4.02. The smallest absolute Gasteiger partial charge is 0.133 e. The van der Waals surface area contributed by atoms with Crippen LogP contribution in [0.25, 0.3) is 0 Å². The molecule has 19 heavy (non-hydrogen) atoms. The zero-order valence-corrected chi connectivity index (χ0v) is 10.7. The minimum atomic E-state index is 0.468. The summed E-state index contributed by atoms with van der Waals surface area (Å²) in [5, 5.41) is 11.7. The highest BCUT2D eigenvalue weighted by Crippen LogP contribution is 2.13. The average Bonchev–Trinajstić information content (AvgIpc) is 2.96. The minimum Gasteiger partial charge on any atom is -0.467 e. The van der Waals surface area contributed by atoms with Crippen LogP contribution in [-0.2, 0) is 6.54 Å². The van der Waals surface area contributed by atoms with Crippen LogP contribution in [0.3, 0.4) is 0 Å². The average molecular weight is 257 g/mol. The molecule has 6 heteroatoms. The van der Waals surface area contributed by atoms with Gasteiger partial charge in [-0.1, -0.05) is 0 Å². The third-order valence-electron chi connectivity index (χ3n) is 2.63. The first kappa shape index (κ1) is 12.9. The van der Waals surface area contributed by atoms with E-state index in [0.717, 1.165) is 17.4 Å². The summed E-state index contributed by atoms with van der Waals surface area (Å²) in [5.41, 5.74) is 0. The van der Waals surface area contributed by atoms with Crippen LogP contribution in [0.1, 0.15) is 12.2 Å². The normalized spacial score (nSPS) is 9.89. The first-order chi connectivity index (χ1) is 9.29. The molecule has 0 aliphatic heterocycles. The van der Waals surface area contributed by atoms with Gasteiger partial charge in [-0.25, -0.2) is 9.97 Å². The SMILES string of the molecule is CN(CCC#N)c1cc(NCc2ccco2)ncn1. The predicted octanol–water partition coefficient (Wildman–Crippen LogP) is 2.03. The predicted molar refractivity (Wildman–Crippen MR) is 71.6 cm³/mol. The van der Waals surface area contributed by atoms with Gasteiger partial charge in [0.25, 0.3) is 0 Å². The van der Waals surface area contributed by atoms with Crippen molar-refractivity contribution in [2.75, 3.05) is 23.8 Å². The van der Waals surface area contributed by atoms with Crippen molar-refractivity contribution < 1.29 is 4.42 Å². The molecule has 0 amide bonds. The number of nitriles is 1. The second kappa shape index (κ2) is 6.40. The van der Waals surface area contributed by atoms with Crippen LogP contribution in [0, 0.1) is 11.3 Å². The second-order valence-corrected chi connectivity index (χ2v) is 4.02. The zero-order valence-electron chi connectivity index (χ0n) is 10.7. The van der Waals surface area contributed by atoms with Crippen molar-refractivity contribution in [1.29, 1.82) is 5.26 Å². The molecule has 6 nitrogen and oxygen atoms in total. The topological polar surface area (TPSA) is 78.0 Å². The summed E-state index contributed by atoms with van der Waals surface area (Å²) in [6.45, 7) is 1.22. The number of nitrogens with one attached hydrogen (secondary N) is 1. The lowest BCUT2D eigenvalue weighted by Gasteiger charge is -2.16. The lowest BCUT2D eigenvalue weighted by molar-refractivity contribution is 0.518. The molecule has 1 N–H and O–H groups in total. The van der Waals surface area contributed by atoms with E-state index >= 15 is 0 Å². The molecule has 0 fully saturated rings. The van der Waals surface area contributed by atoms with Gasteiger partial charge >= 0.3 is 0 Å². The molecule has 2 aromatic heterocycles. The van der Waals surface area contributed by atoms with Crippen LogP contribution in [0.5, 0.6) is 0 Å². The Morgan fingerprint density at radius 3 is 3.11 bits per heavy atom. The fraction of sp³-hybridized carbons (Fsp3) is 0.308. The Kier molecular flexibility index (Phi) is 4.34. The molecule has 0 aliphatic carbocycles. The Balaban J connectivity index is 1.96. The van der Waals surface area contributed by atoms with E-state index in [9.17, 15) is 0 Å². The molecule has 0 radical (unpaired) electrons. The minimum absolute atomic E-state index is 0.468. The van der Waals surface area contributed by atoms with Crippen molar-refractivity contribution in [1.82, 2.24) is 9.97 Å².